The van der Waals surface area contributed by atoms with E-state index in [1.165, 1.54) is 6.42 Å². The van der Waals surface area contributed by atoms with E-state index < -0.39 is 0 Å². The lowest BCUT2D eigenvalue weighted by Gasteiger charge is -2.33. The summed E-state index contributed by atoms with van der Waals surface area (Å²) in [6, 6.07) is 5.66. The number of amides is 1. The fourth-order valence-corrected chi connectivity index (χ4v) is 3.31. The lowest BCUT2D eigenvalue weighted by molar-refractivity contribution is -0.129. The second-order valence-corrected chi connectivity index (χ2v) is 6.18. The van der Waals surface area contributed by atoms with Crippen molar-refractivity contribution in [3.8, 4) is 11.5 Å². The maximum absolute atomic E-state index is 12.8. The largest absolute Gasteiger partial charge is 0.497 e. The van der Waals surface area contributed by atoms with Crippen LogP contribution in [0.2, 0.25) is 0 Å². The smallest absolute Gasteiger partial charge is 0.253 e. The van der Waals surface area contributed by atoms with Crippen molar-refractivity contribution in [1.82, 2.24) is 10.2 Å². The Bertz CT molecular complexity index is 610. The first-order valence-corrected chi connectivity index (χ1v) is 8.16. The van der Waals surface area contributed by atoms with E-state index in [1.54, 1.807) is 7.11 Å². The van der Waals surface area contributed by atoms with Gasteiger partial charge in [-0.3, -0.25) is 4.79 Å². The highest BCUT2D eigenvalue weighted by atomic mass is 16.5. The third-order valence-corrected chi connectivity index (χ3v) is 4.50. The van der Waals surface area contributed by atoms with Gasteiger partial charge in [-0.2, -0.15) is 0 Å². The summed E-state index contributed by atoms with van der Waals surface area (Å²) in [6.07, 6.45) is 4.18. The molecular formula is C18H24N2O3. The van der Waals surface area contributed by atoms with Crippen LogP contribution in [0, 0.1) is 5.92 Å². The minimum atomic E-state index is 0.0965. The summed E-state index contributed by atoms with van der Waals surface area (Å²) in [5, 5.41) is 3.21. The Morgan fingerprint density at radius 2 is 2.35 bits per heavy atom. The van der Waals surface area contributed by atoms with Gasteiger partial charge >= 0.3 is 0 Å². The number of carbonyl (C=O) groups is 1. The van der Waals surface area contributed by atoms with Gasteiger partial charge in [-0.25, -0.2) is 0 Å². The summed E-state index contributed by atoms with van der Waals surface area (Å²) in [4.78, 5) is 14.8. The van der Waals surface area contributed by atoms with Gasteiger partial charge in [0.1, 0.15) is 18.1 Å². The van der Waals surface area contributed by atoms with Crippen molar-refractivity contribution in [2.45, 2.75) is 12.8 Å². The SMILES string of the molecule is CNCC1CCCN(C(=O)C2=Cc3cc(OC)ccc3OC2)C1. The second kappa shape index (κ2) is 7.04. The molecule has 1 saturated heterocycles. The minimum absolute atomic E-state index is 0.0965. The molecule has 5 nitrogen and oxygen atoms in total. The fourth-order valence-electron chi connectivity index (χ4n) is 3.31. The van der Waals surface area contributed by atoms with Gasteiger partial charge in [-0.05, 0) is 56.6 Å². The Labute approximate surface area is 137 Å². The maximum atomic E-state index is 12.8. The third-order valence-electron chi connectivity index (χ3n) is 4.50. The lowest BCUT2D eigenvalue weighted by Crippen LogP contribution is -2.43. The van der Waals surface area contributed by atoms with E-state index in [2.05, 4.69) is 5.32 Å². The molecule has 5 heteroatoms. The number of nitrogens with one attached hydrogen (secondary N) is 1. The molecule has 124 valence electrons. The Hall–Kier alpha value is -2.01. The topological polar surface area (TPSA) is 50.8 Å². The van der Waals surface area contributed by atoms with Gasteiger partial charge in [-0.15, -0.1) is 0 Å². The Morgan fingerprint density at radius 1 is 1.48 bits per heavy atom. The van der Waals surface area contributed by atoms with Gasteiger partial charge < -0.3 is 19.7 Å². The molecule has 1 aromatic carbocycles. The fraction of sp³-hybridized carbons (Fsp3) is 0.500. The highest BCUT2D eigenvalue weighted by Crippen LogP contribution is 2.31. The van der Waals surface area contributed by atoms with E-state index >= 15 is 0 Å². The van der Waals surface area contributed by atoms with Gasteiger partial charge in [0.15, 0.2) is 0 Å². The zero-order chi connectivity index (χ0) is 16.2. The van der Waals surface area contributed by atoms with Crippen LogP contribution in [-0.2, 0) is 4.79 Å². The number of hydrogen-bond donors (Lipinski definition) is 1. The van der Waals surface area contributed by atoms with Crippen molar-refractivity contribution < 1.29 is 14.3 Å². The highest BCUT2D eigenvalue weighted by Gasteiger charge is 2.27. The average molecular weight is 316 g/mol. The molecule has 0 radical (unpaired) electrons. The van der Waals surface area contributed by atoms with E-state index in [1.807, 2.05) is 36.2 Å². The Morgan fingerprint density at radius 3 is 3.13 bits per heavy atom. The Balaban J connectivity index is 1.75. The van der Waals surface area contributed by atoms with Crippen molar-refractivity contribution in [1.29, 1.82) is 0 Å². The zero-order valence-corrected chi connectivity index (χ0v) is 13.8. The quantitative estimate of drug-likeness (QED) is 0.922. The standard InChI is InChI=1S/C18H24N2O3/c1-19-10-13-4-3-7-20(11-13)18(21)15-8-14-9-16(22-2)5-6-17(14)23-12-15/h5-6,8-9,13,19H,3-4,7,10-12H2,1-2H3. The maximum Gasteiger partial charge on any atom is 0.253 e. The van der Waals surface area contributed by atoms with Crippen molar-refractivity contribution in [2.24, 2.45) is 5.92 Å². The van der Waals surface area contributed by atoms with E-state index in [-0.39, 0.29) is 5.91 Å². The summed E-state index contributed by atoms with van der Waals surface area (Å²) in [6.45, 7) is 2.95. The van der Waals surface area contributed by atoms with E-state index in [9.17, 15) is 4.79 Å². The molecule has 0 aromatic heterocycles. The number of rotatable bonds is 4. The van der Waals surface area contributed by atoms with Crippen LogP contribution in [-0.4, -0.2) is 51.2 Å². The number of methoxy groups -OCH3 is 1. The summed E-state index contributed by atoms with van der Waals surface area (Å²) in [5.74, 6) is 2.20. The molecule has 1 atom stereocenters. The molecule has 0 spiro atoms. The minimum Gasteiger partial charge on any atom is -0.497 e. The van der Waals surface area contributed by atoms with Crippen molar-refractivity contribution >= 4 is 12.0 Å². The highest BCUT2D eigenvalue weighted by molar-refractivity contribution is 5.99. The van der Waals surface area contributed by atoms with E-state index in [0.29, 0.717) is 12.5 Å². The molecule has 1 N–H and O–H groups in total. The lowest BCUT2D eigenvalue weighted by atomic mass is 9.97. The summed E-state index contributed by atoms with van der Waals surface area (Å²) in [5.41, 5.74) is 1.62. The second-order valence-electron chi connectivity index (χ2n) is 6.18. The molecule has 2 aliphatic rings. The predicted octanol–water partition coefficient (Wildman–Crippen LogP) is 1.93. The number of piperidine rings is 1. The van der Waals surface area contributed by atoms with Crippen LogP contribution in [0.25, 0.3) is 6.08 Å². The van der Waals surface area contributed by atoms with Gasteiger partial charge in [0.05, 0.1) is 12.7 Å². The number of nitrogens with zero attached hydrogens (tertiary/aromatic N) is 1. The van der Waals surface area contributed by atoms with Crippen LogP contribution in [0.5, 0.6) is 11.5 Å². The summed E-state index contributed by atoms with van der Waals surface area (Å²) >= 11 is 0. The molecule has 1 unspecified atom stereocenters. The molecule has 1 amide bonds. The zero-order valence-electron chi connectivity index (χ0n) is 13.8. The first-order chi connectivity index (χ1) is 11.2. The molecule has 3 rings (SSSR count). The van der Waals surface area contributed by atoms with Crippen LogP contribution in [0.1, 0.15) is 18.4 Å². The van der Waals surface area contributed by atoms with Crippen LogP contribution >= 0.6 is 0 Å². The average Bonchev–Trinajstić information content (AvgIpc) is 2.60. The van der Waals surface area contributed by atoms with Crippen LogP contribution in [0.3, 0.4) is 0 Å². The molecule has 23 heavy (non-hydrogen) atoms. The van der Waals surface area contributed by atoms with Crippen LogP contribution in [0.4, 0.5) is 0 Å². The first-order valence-electron chi connectivity index (χ1n) is 8.16. The van der Waals surface area contributed by atoms with E-state index in [4.69, 9.17) is 9.47 Å². The number of hydrogen-bond acceptors (Lipinski definition) is 4. The van der Waals surface area contributed by atoms with Gasteiger partial charge in [0, 0.05) is 18.7 Å². The van der Waals surface area contributed by atoms with Gasteiger partial charge in [0.25, 0.3) is 5.91 Å². The van der Waals surface area contributed by atoms with Crippen molar-refractivity contribution in [2.75, 3.05) is 40.4 Å². The van der Waals surface area contributed by atoms with Crippen molar-refractivity contribution in [3.63, 3.8) is 0 Å². The van der Waals surface area contributed by atoms with Gasteiger partial charge in [0.2, 0.25) is 0 Å². The number of fused-ring (bicyclic) bond motifs is 1. The first kappa shape index (κ1) is 15.9. The van der Waals surface area contributed by atoms with E-state index in [0.717, 1.165) is 48.7 Å². The summed E-state index contributed by atoms with van der Waals surface area (Å²) < 4.78 is 11.0. The summed E-state index contributed by atoms with van der Waals surface area (Å²) in [7, 11) is 3.60. The third kappa shape index (κ3) is 3.50. The predicted molar refractivity (Wildman–Crippen MR) is 89.7 cm³/mol. The molecule has 0 aliphatic carbocycles. The molecule has 0 saturated carbocycles. The number of likely N-dealkylation sites (tertiary alicyclic amines) is 1. The monoisotopic (exact) mass is 316 g/mol. The molecule has 0 bridgehead atoms. The van der Waals surface area contributed by atoms with Crippen molar-refractivity contribution in [3.05, 3.63) is 29.3 Å². The number of ether oxygens (including phenoxy) is 2. The molecular weight excluding hydrogens is 292 g/mol. The number of carbonyl (C=O) groups excluding carboxylic acids is 1. The number of benzene rings is 1. The molecule has 1 aromatic rings. The Kier molecular flexibility index (Phi) is 4.86. The molecule has 1 fully saturated rings. The molecule has 2 aliphatic heterocycles. The normalized spacial score (nSPS) is 20.3. The van der Waals surface area contributed by atoms with Crippen LogP contribution in [0.15, 0.2) is 23.8 Å². The molecule has 2 heterocycles. The van der Waals surface area contributed by atoms with Gasteiger partial charge in [-0.1, -0.05) is 0 Å². The van der Waals surface area contributed by atoms with Crippen LogP contribution < -0.4 is 14.8 Å².